The van der Waals surface area contributed by atoms with Crippen molar-refractivity contribution in [2.24, 2.45) is 0 Å². The molecule has 98 valence electrons. The maximum absolute atomic E-state index is 11.0. The molecule has 1 aliphatic heterocycles. The number of carbonyl (C=O) groups excluding carboxylic acids is 1. The van der Waals surface area contributed by atoms with Crippen molar-refractivity contribution in [3.05, 3.63) is 0 Å². The zero-order chi connectivity index (χ0) is 13.2. The van der Waals surface area contributed by atoms with Gasteiger partial charge in [0.05, 0.1) is 6.10 Å². The molecule has 1 amide bonds. The quantitative estimate of drug-likeness (QED) is 0.456. The van der Waals surface area contributed by atoms with Gasteiger partial charge in [-0.25, -0.2) is 4.79 Å². The predicted molar refractivity (Wildman–Crippen MR) is 52.7 cm³/mol. The number of carboxylic acid groups (broad SMARTS) is 1. The van der Waals surface area contributed by atoms with Gasteiger partial charge < -0.3 is 30.1 Å². The lowest BCUT2D eigenvalue weighted by Crippen LogP contribution is -2.63. The van der Waals surface area contributed by atoms with E-state index in [4.69, 9.17) is 9.84 Å². The zero-order valence-electron chi connectivity index (χ0n) is 9.41. The number of hydrogen-bond acceptors (Lipinski definition) is 6. The van der Waals surface area contributed by atoms with Gasteiger partial charge in [-0.15, -0.1) is 0 Å². The van der Waals surface area contributed by atoms with Crippen molar-refractivity contribution in [3.8, 4) is 0 Å². The minimum atomic E-state index is -2.10. The van der Waals surface area contributed by atoms with E-state index in [1.165, 1.54) is 6.92 Å². The van der Waals surface area contributed by atoms with Crippen LogP contribution < -0.4 is 5.32 Å². The Morgan fingerprint density at radius 1 is 1.47 bits per heavy atom. The lowest BCUT2D eigenvalue weighted by molar-refractivity contribution is -0.325. The minimum absolute atomic E-state index is 0.402. The van der Waals surface area contributed by atoms with Crippen molar-refractivity contribution < 1.29 is 34.4 Å². The number of ether oxygens (including phenoxy) is 2. The lowest BCUT2D eigenvalue weighted by atomic mass is 9.97. The van der Waals surface area contributed by atoms with Crippen LogP contribution in [0.3, 0.4) is 0 Å². The first kappa shape index (κ1) is 13.8. The van der Waals surface area contributed by atoms with Gasteiger partial charge in [0, 0.05) is 20.5 Å². The molecule has 1 rings (SSSR count). The molecular formula is C9H15NO7. The summed E-state index contributed by atoms with van der Waals surface area (Å²) in [6, 6.07) is -1.09. The number of carboxylic acids is 1. The van der Waals surface area contributed by atoms with Crippen LogP contribution in [0.5, 0.6) is 0 Å². The van der Waals surface area contributed by atoms with E-state index in [0.29, 0.717) is 0 Å². The largest absolute Gasteiger partial charge is 0.477 e. The summed E-state index contributed by atoms with van der Waals surface area (Å²) >= 11 is 0. The van der Waals surface area contributed by atoms with Crippen molar-refractivity contribution in [1.29, 1.82) is 0 Å². The molecule has 0 aromatic carbocycles. The van der Waals surface area contributed by atoms with E-state index < -0.39 is 42.5 Å². The number of carbonyl (C=O) groups is 2. The predicted octanol–water partition coefficient (Wildman–Crippen LogP) is -1.98. The average molecular weight is 249 g/mol. The molecule has 1 fully saturated rings. The van der Waals surface area contributed by atoms with Crippen molar-refractivity contribution in [2.45, 2.75) is 37.6 Å². The smallest absolute Gasteiger partial charge is 0.364 e. The maximum Gasteiger partial charge on any atom is 0.364 e. The molecule has 17 heavy (non-hydrogen) atoms. The average Bonchev–Trinajstić information content (AvgIpc) is 2.22. The molecule has 0 aromatic heterocycles. The van der Waals surface area contributed by atoms with Crippen LogP contribution in [0, 0.1) is 0 Å². The van der Waals surface area contributed by atoms with E-state index >= 15 is 0 Å². The van der Waals surface area contributed by atoms with Crippen LogP contribution in [0.2, 0.25) is 0 Å². The van der Waals surface area contributed by atoms with Gasteiger partial charge in [0.25, 0.3) is 5.79 Å². The van der Waals surface area contributed by atoms with Crippen LogP contribution in [-0.4, -0.2) is 58.5 Å². The molecule has 1 heterocycles. The summed E-state index contributed by atoms with van der Waals surface area (Å²) in [5, 5.41) is 30.5. The summed E-state index contributed by atoms with van der Waals surface area (Å²) in [6.07, 6.45) is -3.36. The van der Waals surface area contributed by atoms with E-state index in [2.05, 4.69) is 10.1 Å². The number of amides is 1. The molecule has 0 spiro atoms. The van der Waals surface area contributed by atoms with Crippen molar-refractivity contribution in [3.63, 3.8) is 0 Å². The molecule has 0 unspecified atom stereocenters. The molecule has 4 atom stereocenters. The monoisotopic (exact) mass is 249 g/mol. The number of aliphatic hydroxyl groups is 2. The molecule has 0 saturated carbocycles. The summed E-state index contributed by atoms with van der Waals surface area (Å²) in [7, 11) is 1.09. The van der Waals surface area contributed by atoms with Crippen LogP contribution in [0.4, 0.5) is 0 Å². The van der Waals surface area contributed by atoms with Crippen LogP contribution in [-0.2, 0) is 19.1 Å². The molecule has 1 saturated heterocycles. The lowest BCUT2D eigenvalue weighted by Gasteiger charge is -2.41. The zero-order valence-corrected chi connectivity index (χ0v) is 9.41. The van der Waals surface area contributed by atoms with E-state index in [1.54, 1.807) is 0 Å². The number of aliphatic carboxylic acids is 1. The first-order valence-corrected chi connectivity index (χ1v) is 4.92. The summed E-state index contributed by atoms with van der Waals surface area (Å²) in [6.45, 7) is 1.20. The summed E-state index contributed by atoms with van der Waals surface area (Å²) in [5.74, 6) is -4.04. The summed E-state index contributed by atoms with van der Waals surface area (Å²) in [5.41, 5.74) is 0. The van der Waals surface area contributed by atoms with Gasteiger partial charge in [0.2, 0.25) is 5.91 Å². The molecule has 4 N–H and O–H groups in total. The Morgan fingerprint density at radius 2 is 2.06 bits per heavy atom. The fourth-order valence-corrected chi connectivity index (χ4v) is 1.67. The number of methoxy groups -OCH3 is 1. The third-order valence-electron chi connectivity index (χ3n) is 2.54. The molecule has 8 heteroatoms. The number of hydrogen-bond donors (Lipinski definition) is 4. The van der Waals surface area contributed by atoms with E-state index in [0.717, 1.165) is 7.11 Å². The number of aliphatic hydroxyl groups excluding tert-OH is 2. The second kappa shape index (κ2) is 4.96. The Bertz CT molecular complexity index is 306. The van der Waals surface area contributed by atoms with Crippen LogP contribution in [0.15, 0.2) is 0 Å². The highest BCUT2D eigenvalue weighted by atomic mass is 16.8. The van der Waals surface area contributed by atoms with Crippen molar-refractivity contribution in [1.82, 2.24) is 5.32 Å². The third-order valence-corrected chi connectivity index (χ3v) is 2.54. The molecule has 0 aromatic rings. The van der Waals surface area contributed by atoms with Crippen LogP contribution >= 0.6 is 0 Å². The third kappa shape index (κ3) is 2.72. The molecule has 0 aliphatic carbocycles. The van der Waals surface area contributed by atoms with Gasteiger partial charge >= 0.3 is 5.97 Å². The summed E-state index contributed by atoms with van der Waals surface area (Å²) < 4.78 is 9.51. The Labute approximate surface area is 97.1 Å². The molecule has 8 nitrogen and oxygen atoms in total. The van der Waals surface area contributed by atoms with E-state index in [9.17, 15) is 19.8 Å². The second-order valence-corrected chi connectivity index (χ2v) is 3.77. The van der Waals surface area contributed by atoms with Crippen molar-refractivity contribution in [2.75, 3.05) is 7.11 Å². The van der Waals surface area contributed by atoms with Gasteiger partial charge in [0.1, 0.15) is 6.04 Å². The minimum Gasteiger partial charge on any atom is -0.477 e. The van der Waals surface area contributed by atoms with Crippen LogP contribution in [0.1, 0.15) is 13.3 Å². The fourth-order valence-electron chi connectivity index (χ4n) is 1.67. The standard InChI is InChI=1S/C9H15NO7/c1-4(11)10-6-5(12)3-9(16-2,8(14)15)17-7(6)13/h5-7,12-13H,3H2,1-2H3,(H,10,11)(H,14,15)/t5-,6+,7+,9+/m0/s1. The first-order valence-electron chi connectivity index (χ1n) is 4.92. The Balaban J connectivity index is 2.85. The maximum atomic E-state index is 11.0. The Morgan fingerprint density at radius 3 is 2.41 bits per heavy atom. The topological polar surface area (TPSA) is 125 Å². The van der Waals surface area contributed by atoms with Gasteiger partial charge in [0.15, 0.2) is 6.29 Å². The van der Waals surface area contributed by atoms with E-state index in [1.807, 2.05) is 0 Å². The van der Waals surface area contributed by atoms with Gasteiger partial charge in [-0.3, -0.25) is 4.79 Å². The Hall–Kier alpha value is -1.22. The molecule has 1 aliphatic rings. The van der Waals surface area contributed by atoms with E-state index in [-0.39, 0.29) is 0 Å². The molecule has 0 radical (unpaired) electrons. The first-order chi connectivity index (χ1) is 7.82. The Kier molecular flexibility index (Phi) is 4.04. The highest BCUT2D eigenvalue weighted by Crippen LogP contribution is 2.29. The molecular weight excluding hydrogens is 234 g/mol. The number of nitrogens with one attached hydrogen (secondary N) is 1. The molecule has 0 bridgehead atoms. The van der Waals surface area contributed by atoms with Crippen molar-refractivity contribution >= 4 is 11.9 Å². The second-order valence-electron chi connectivity index (χ2n) is 3.77. The number of rotatable bonds is 3. The van der Waals surface area contributed by atoms with Gasteiger partial charge in [-0.1, -0.05) is 0 Å². The van der Waals surface area contributed by atoms with Gasteiger partial charge in [-0.2, -0.15) is 0 Å². The van der Waals surface area contributed by atoms with Crippen LogP contribution in [0.25, 0.3) is 0 Å². The fraction of sp³-hybridized carbons (Fsp3) is 0.778. The highest BCUT2D eigenvalue weighted by Gasteiger charge is 2.52. The highest BCUT2D eigenvalue weighted by molar-refractivity contribution is 5.76. The summed E-state index contributed by atoms with van der Waals surface area (Å²) in [4.78, 5) is 21.8. The van der Waals surface area contributed by atoms with Gasteiger partial charge in [-0.05, 0) is 0 Å². The SMILES string of the molecule is CO[C@]1(C(=O)O)C[C@H](O)[C@@H](NC(C)=O)[C@H](O)O1. The normalized spacial score (nSPS) is 37.5.